The number of aryl methyl sites for hydroxylation is 1. The molecule has 1 aliphatic rings. The van der Waals surface area contributed by atoms with E-state index >= 15 is 0 Å². The van der Waals surface area contributed by atoms with E-state index < -0.39 is 27.9 Å². The van der Waals surface area contributed by atoms with Gasteiger partial charge in [-0.1, -0.05) is 24.3 Å². The molecule has 0 aliphatic carbocycles. The van der Waals surface area contributed by atoms with Crippen molar-refractivity contribution in [3.8, 4) is 0 Å². The second-order valence-corrected chi connectivity index (χ2v) is 7.44. The molecule has 130 valence electrons. The number of sulfonamides is 1. The largest absolute Gasteiger partial charge is 0.464 e. The van der Waals surface area contributed by atoms with Crippen molar-refractivity contribution in [2.24, 2.45) is 0 Å². The van der Waals surface area contributed by atoms with Crippen molar-refractivity contribution < 1.29 is 22.7 Å². The monoisotopic (exact) mass is 352 g/mol. The Morgan fingerprint density at radius 1 is 1.29 bits per heavy atom. The highest BCUT2D eigenvalue weighted by Gasteiger charge is 2.39. The van der Waals surface area contributed by atoms with Crippen molar-refractivity contribution in [2.75, 3.05) is 13.7 Å². The minimum absolute atomic E-state index is 0.139. The van der Waals surface area contributed by atoms with Gasteiger partial charge in [-0.15, -0.1) is 0 Å². The Balaban J connectivity index is 2.20. The summed E-state index contributed by atoms with van der Waals surface area (Å²) in [6, 6.07) is 5.57. The molecule has 0 unspecified atom stereocenters. The summed E-state index contributed by atoms with van der Waals surface area (Å²) in [5.74, 6) is -1.35. The molecule has 1 aromatic rings. The number of carbonyl (C=O) groups is 2. The zero-order valence-corrected chi connectivity index (χ0v) is 14.4. The molecular formula is C16H20N2O5S. The predicted octanol–water partition coefficient (Wildman–Crippen LogP) is 0.951. The maximum atomic E-state index is 12.8. The Bertz CT molecular complexity index is 755. The number of hydrogen-bond donors (Lipinski definition) is 1. The van der Waals surface area contributed by atoms with Crippen LogP contribution in [0, 0.1) is 6.92 Å². The number of ether oxygens (including phenoxy) is 1. The van der Waals surface area contributed by atoms with E-state index in [9.17, 15) is 18.0 Å². The number of hydrogen-bond acceptors (Lipinski definition) is 5. The first-order valence-corrected chi connectivity index (χ1v) is 8.88. The summed E-state index contributed by atoms with van der Waals surface area (Å²) >= 11 is 0. The van der Waals surface area contributed by atoms with Crippen LogP contribution >= 0.6 is 0 Å². The highest BCUT2D eigenvalue weighted by atomic mass is 32.2. The molecule has 1 amide bonds. The van der Waals surface area contributed by atoms with Crippen LogP contribution in [0.2, 0.25) is 0 Å². The van der Waals surface area contributed by atoms with E-state index in [4.69, 9.17) is 0 Å². The molecule has 1 aliphatic heterocycles. The molecule has 1 heterocycles. The Morgan fingerprint density at radius 2 is 1.92 bits per heavy atom. The molecule has 0 aromatic heterocycles. The van der Waals surface area contributed by atoms with Crippen LogP contribution in [-0.2, 0) is 24.3 Å². The molecular weight excluding hydrogens is 332 g/mol. The summed E-state index contributed by atoms with van der Waals surface area (Å²) in [6.45, 7) is 5.53. The molecule has 0 saturated carbocycles. The summed E-state index contributed by atoms with van der Waals surface area (Å²) in [5.41, 5.74) is 0.723. The van der Waals surface area contributed by atoms with Gasteiger partial charge in [-0.3, -0.25) is 4.79 Å². The number of amides is 1. The van der Waals surface area contributed by atoms with Crippen molar-refractivity contribution in [3.63, 3.8) is 0 Å². The third kappa shape index (κ3) is 3.65. The summed E-state index contributed by atoms with van der Waals surface area (Å²) in [6.07, 6.45) is 0.944. The van der Waals surface area contributed by atoms with Crippen molar-refractivity contribution >= 4 is 21.9 Å². The van der Waals surface area contributed by atoms with E-state index in [-0.39, 0.29) is 17.1 Å². The van der Waals surface area contributed by atoms with Gasteiger partial charge in [0, 0.05) is 6.54 Å². The smallest absolute Gasteiger partial charge is 0.353 e. The maximum absolute atomic E-state index is 12.8. The van der Waals surface area contributed by atoms with Gasteiger partial charge in [-0.2, -0.15) is 4.31 Å². The van der Waals surface area contributed by atoms with Crippen LogP contribution in [0.15, 0.2) is 41.4 Å². The topological polar surface area (TPSA) is 92.8 Å². The molecule has 24 heavy (non-hydrogen) atoms. The minimum atomic E-state index is -3.78. The van der Waals surface area contributed by atoms with Gasteiger partial charge in [0.2, 0.25) is 15.9 Å². The van der Waals surface area contributed by atoms with Crippen LogP contribution in [0.1, 0.15) is 18.4 Å². The van der Waals surface area contributed by atoms with Gasteiger partial charge in [0.1, 0.15) is 11.7 Å². The number of carbonyl (C=O) groups excluding carboxylic acids is 2. The maximum Gasteiger partial charge on any atom is 0.353 e. The summed E-state index contributed by atoms with van der Waals surface area (Å²) in [7, 11) is -2.61. The highest BCUT2D eigenvalue weighted by molar-refractivity contribution is 7.89. The van der Waals surface area contributed by atoms with Gasteiger partial charge in [0.25, 0.3) is 0 Å². The zero-order chi connectivity index (χ0) is 17.9. The van der Waals surface area contributed by atoms with Crippen molar-refractivity contribution in [1.29, 1.82) is 0 Å². The van der Waals surface area contributed by atoms with E-state index in [1.54, 1.807) is 12.1 Å². The Morgan fingerprint density at radius 3 is 2.50 bits per heavy atom. The minimum Gasteiger partial charge on any atom is -0.464 e. The van der Waals surface area contributed by atoms with Crippen LogP contribution in [0.4, 0.5) is 0 Å². The molecule has 8 heteroatoms. The first-order chi connectivity index (χ1) is 11.3. The Kier molecular flexibility index (Phi) is 5.40. The number of benzene rings is 1. The number of nitrogens with one attached hydrogen (secondary N) is 1. The van der Waals surface area contributed by atoms with E-state index in [0.717, 1.165) is 9.87 Å². The zero-order valence-electron chi connectivity index (χ0n) is 13.6. The second kappa shape index (κ2) is 7.14. The van der Waals surface area contributed by atoms with Gasteiger partial charge in [-0.25, -0.2) is 13.2 Å². The lowest BCUT2D eigenvalue weighted by Crippen LogP contribution is -2.46. The third-order valence-electron chi connectivity index (χ3n) is 3.84. The number of methoxy groups -OCH3 is 1. The van der Waals surface area contributed by atoms with Gasteiger partial charge in [0.15, 0.2) is 0 Å². The van der Waals surface area contributed by atoms with E-state index in [1.807, 2.05) is 6.92 Å². The molecule has 7 nitrogen and oxygen atoms in total. The van der Waals surface area contributed by atoms with E-state index in [0.29, 0.717) is 12.8 Å². The molecule has 1 N–H and O–H groups in total. The van der Waals surface area contributed by atoms with E-state index in [1.165, 1.54) is 19.2 Å². The molecule has 1 aromatic carbocycles. The average Bonchev–Trinajstić information content (AvgIpc) is 3.05. The van der Waals surface area contributed by atoms with Crippen molar-refractivity contribution in [2.45, 2.75) is 30.7 Å². The Labute approximate surface area is 141 Å². The summed E-state index contributed by atoms with van der Waals surface area (Å²) in [4.78, 5) is 23.8. The molecule has 1 atom stereocenters. The van der Waals surface area contributed by atoms with Crippen molar-refractivity contribution in [1.82, 2.24) is 9.62 Å². The van der Waals surface area contributed by atoms with Crippen LogP contribution < -0.4 is 5.32 Å². The molecule has 2 rings (SSSR count). The standard InChI is InChI=1S/C16H20N2O5S/c1-11-6-8-13(9-7-11)24(21,22)18-10-4-5-14(18)15(19)17-12(2)16(20)23-3/h6-9,14H,2,4-5,10H2,1,3H3,(H,17,19)/t14-/m0/s1. The lowest BCUT2D eigenvalue weighted by Gasteiger charge is -2.23. The number of rotatable bonds is 5. The molecule has 0 radical (unpaired) electrons. The second-order valence-electron chi connectivity index (χ2n) is 5.55. The predicted molar refractivity (Wildman–Crippen MR) is 87.4 cm³/mol. The number of nitrogens with zero attached hydrogens (tertiary/aromatic N) is 1. The van der Waals surface area contributed by atoms with Crippen LogP contribution in [0.3, 0.4) is 0 Å². The van der Waals surface area contributed by atoms with Crippen LogP contribution in [0.5, 0.6) is 0 Å². The fraction of sp³-hybridized carbons (Fsp3) is 0.375. The summed E-state index contributed by atoms with van der Waals surface area (Å²) in [5, 5.41) is 2.32. The third-order valence-corrected chi connectivity index (χ3v) is 5.76. The highest BCUT2D eigenvalue weighted by Crippen LogP contribution is 2.26. The lowest BCUT2D eigenvalue weighted by molar-refractivity contribution is -0.138. The molecule has 1 saturated heterocycles. The number of esters is 1. The molecule has 0 bridgehead atoms. The fourth-order valence-electron chi connectivity index (χ4n) is 2.54. The van der Waals surface area contributed by atoms with Gasteiger partial charge in [0.05, 0.1) is 12.0 Å². The van der Waals surface area contributed by atoms with Gasteiger partial charge < -0.3 is 10.1 Å². The van der Waals surface area contributed by atoms with Crippen LogP contribution in [-0.4, -0.2) is 44.3 Å². The van der Waals surface area contributed by atoms with Gasteiger partial charge >= 0.3 is 5.97 Å². The average molecular weight is 352 g/mol. The fourth-order valence-corrected chi connectivity index (χ4v) is 4.20. The molecule has 1 fully saturated rings. The Hall–Kier alpha value is -2.19. The van der Waals surface area contributed by atoms with E-state index in [2.05, 4.69) is 16.6 Å². The first kappa shape index (κ1) is 18.2. The molecule has 0 spiro atoms. The normalized spacial score (nSPS) is 18.2. The summed E-state index contributed by atoms with van der Waals surface area (Å²) < 4.78 is 31.2. The SMILES string of the molecule is C=C(NC(=O)[C@@H]1CCCN1S(=O)(=O)c1ccc(C)cc1)C(=O)OC. The lowest BCUT2D eigenvalue weighted by atomic mass is 10.2. The first-order valence-electron chi connectivity index (χ1n) is 7.44. The van der Waals surface area contributed by atoms with Crippen LogP contribution in [0.25, 0.3) is 0 Å². The quantitative estimate of drug-likeness (QED) is 0.629. The van der Waals surface area contributed by atoms with Gasteiger partial charge in [-0.05, 0) is 31.9 Å². The van der Waals surface area contributed by atoms with Crippen molar-refractivity contribution in [3.05, 3.63) is 42.1 Å².